The van der Waals surface area contributed by atoms with Gasteiger partial charge in [-0.3, -0.25) is 9.59 Å². The molecule has 2 rings (SSSR count). The molecule has 1 aliphatic rings. The van der Waals surface area contributed by atoms with Crippen LogP contribution in [0.1, 0.15) is 44.1 Å². The van der Waals surface area contributed by atoms with Gasteiger partial charge in [0, 0.05) is 5.69 Å². The second-order valence-electron chi connectivity index (χ2n) is 6.76. The first-order valence-electron chi connectivity index (χ1n) is 8.90. The van der Waals surface area contributed by atoms with Crippen molar-refractivity contribution >= 4 is 35.2 Å². The highest BCUT2D eigenvalue weighted by molar-refractivity contribution is 8.00. The molecule has 0 aromatic heterocycles. The fraction of sp³-hybridized carbons (Fsp3) is 0.526. The second kappa shape index (κ2) is 9.62. The van der Waals surface area contributed by atoms with Crippen LogP contribution < -0.4 is 10.6 Å². The van der Waals surface area contributed by atoms with Crippen molar-refractivity contribution in [3.63, 3.8) is 0 Å². The molecule has 3 N–H and O–H groups in total. The highest BCUT2D eigenvalue weighted by Gasteiger charge is 2.39. The van der Waals surface area contributed by atoms with Gasteiger partial charge in [-0.05, 0) is 31.9 Å². The normalized spacial score (nSPS) is 16.3. The Bertz CT molecular complexity index is 637. The van der Waals surface area contributed by atoms with E-state index in [0.717, 1.165) is 31.2 Å². The van der Waals surface area contributed by atoms with Crippen molar-refractivity contribution in [3.05, 3.63) is 29.8 Å². The van der Waals surface area contributed by atoms with E-state index >= 15 is 0 Å². The molecule has 142 valence electrons. The second-order valence-corrected chi connectivity index (χ2v) is 7.74. The fourth-order valence-corrected chi connectivity index (χ4v) is 3.71. The molecular formula is C19H26N2O4S. The molecule has 0 radical (unpaired) electrons. The number of amides is 2. The number of hydrogen-bond donors (Lipinski definition) is 3. The van der Waals surface area contributed by atoms with Crippen molar-refractivity contribution in [2.24, 2.45) is 0 Å². The molecule has 1 fully saturated rings. The number of thioether (sulfide) groups is 1. The van der Waals surface area contributed by atoms with Crippen LogP contribution in [0.2, 0.25) is 0 Å². The number of hydrogen-bond acceptors (Lipinski definition) is 4. The molecule has 0 spiro atoms. The monoisotopic (exact) mass is 378 g/mol. The highest BCUT2D eigenvalue weighted by atomic mass is 32.2. The third kappa shape index (κ3) is 6.05. The lowest BCUT2D eigenvalue weighted by molar-refractivity contribution is -0.148. The number of rotatable bonds is 7. The Morgan fingerprint density at radius 1 is 1.00 bits per heavy atom. The Morgan fingerprint density at radius 2 is 1.58 bits per heavy atom. The third-order valence-corrected chi connectivity index (χ3v) is 5.48. The molecule has 0 atom stereocenters. The Hall–Kier alpha value is -2.02. The van der Waals surface area contributed by atoms with Gasteiger partial charge in [0.15, 0.2) is 0 Å². The number of carboxylic acid groups (broad SMARTS) is 1. The Morgan fingerprint density at radius 3 is 2.15 bits per heavy atom. The van der Waals surface area contributed by atoms with Gasteiger partial charge in [-0.1, -0.05) is 43.4 Å². The Balaban J connectivity index is 1.77. The summed E-state index contributed by atoms with van der Waals surface area (Å²) in [5, 5.41) is 15.1. The summed E-state index contributed by atoms with van der Waals surface area (Å²) >= 11 is 1.18. The van der Waals surface area contributed by atoms with Gasteiger partial charge in [-0.25, -0.2) is 4.79 Å². The molecule has 0 heterocycles. The number of carbonyl (C=O) groups excluding carboxylic acids is 2. The Kier molecular flexibility index (Phi) is 7.50. The van der Waals surface area contributed by atoms with E-state index in [-0.39, 0.29) is 23.3 Å². The summed E-state index contributed by atoms with van der Waals surface area (Å²) in [5.74, 6) is -1.27. The lowest BCUT2D eigenvalue weighted by Gasteiger charge is -2.29. The average Bonchev–Trinajstić information content (AvgIpc) is 2.83. The molecular weight excluding hydrogens is 352 g/mol. The van der Waals surface area contributed by atoms with Gasteiger partial charge in [0.2, 0.25) is 11.8 Å². The van der Waals surface area contributed by atoms with E-state index in [0.29, 0.717) is 18.5 Å². The summed E-state index contributed by atoms with van der Waals surface area (Å²) in [6.45, 7) is 1.97. The quantitative estimate of drug-likeness (QED) is 0.634. The molecule has 0 unspecified atom stereocenters. The number of anilines is 1. The van der Waals surface area contributed by atoms with Gasteiger partial charge in [-0.2, -0.15) is 0 Å². The van der Waals surface area contributed by atoms with Crippen molar-refractivity contribution in [1.29, 1.82) is 0 Å². The van der Waals surface area contributed by atoms with Gasteiger partial charge in [0.05, 0.1) is 11.5 Å². The number of benzene rings is 1. The van der Waals surface area contributed by atoms with Crippen molar-refractivity contribution in [1.82, 2.24) is 5.32 Å². The summed E-state index contributed by atoms with van der Waals surface area (Å²) in [6, 6.07) is 7.48. The maximum absolute atomic E-state index is 12.2. The number of aryl methyl sites for hydroxylation is 1. The van der Waals surface area contributed by atoms with Crippen LogP contribution in [-0.2, 0) is 14.4 Å². The molecule has 26 heavy (non-hydrogen) atoms. The first kappa shape index (κ1) is 20.3. The summed E-state index contributed by atoms with van der Waals surface area (Å²) in [4.78, 5) is 35.8. The molecule has 0 saturated heterocycles. The first-order chi connectivity index (χ1) is 12.4. The number of nitrogens with one attached hydrogen (secondary N) is 2. The topological polar surface area (TPSA) is 95.5 Å². The predicted octanol–water partition coefficient (Wildman–Crippen LogP) is 2.96. The van der Waals surface area contributed by atoms with Crippen LogP contribution in [0.15, 0.2) is 24.3 Å². The van der Waals surface area contributed by atoms with Crippen LogP contribution in [0.25, 0.3) is 0 Å². The van der Waals surface area contributed by atoms with Gasteiger partial charge in [0.1, 0.15) is 5.54 Å². The minimum absolute atomic E-state index is 0.0658. The molecule has 0 bridgehead atoms. The van der Waals surface area contributed by atoms with E-state index in [1.807, 2.05) is 31.2 Å². The lowest BCUT2D eigenvalue weighted by atomic mass is 9.90. The zero-order chi connectivity index (χ0) is 19.0. The number of aliphatic carboxylic acids is 1. The van der Waals surface area contributed by atoms with E-state index in [1.54, 1.807) is 0 Å². The molecule has 6 nitrogen and oxygen atoms in total. The van der Waals surface area contributed by atoms with Crippen LogP contribution in [0, 0.1) is 6.92 Å². The van der Waals surface area contributed by atoms with Crippen LogP contribution in [0.3, 0.4) is 0 Å². The van der Waals surface area contributed by atoms with E-state index < -0.39 is 11.5 Å². The van der Waals surface area contributed by atoms with Crippen LogP contribution in [-0.4, -0.2) is 39.9 Å². The zero-order valence-corrected chi connectivity index (χ0v) is 15.9. The van der Waals surface area contributed by atoms with Gasteiger partial charge in [-0.15, -0.1) is 11.8 Å². The van der Waals surface area contributed by atoms with E-state index in [2.05, 4.69) is 10.6 Å². The van der Waals surface area contributed by atoms with Crippen LogP contribution >= 0.6 is 11.8 Å². The van der Waals surface area contributed by atoms with Crippen molar-refractivity contribution in [2.45, 2.75) is 51.0 Å². The van der Waals surface area contributed by atoms with Crippen molar-refractivity contribution in [2.75, 3.05) is 16.8 Å². The SMILES string of the molecule is Cc1ccc(NC(=O)CSCC(=O)NC2(C(=O)O)CCCCCC2)cc1. The molecule has 2 amide bonds. The molecule has 1 aliphatic carbocycles. The summed E-state index contributed by atoms with van der Waals surface area (Å²) < 4.78 is 0. The average molecular weight is 378 g/mol. The van der Waals surface area contributed by atoms with Gasteiger partial charge < -0.3 is 15.7 Å². The molecule has 1 aromatic rings. The fourth-order valence-electron chi connectivity index (χ4n) is 3.10. The molecule has 7 heteroatoms. The predicted molar refractivity (Wildman–Crippen MR) is 103 cm³/mol. The summed E-state index contributed by atoms with van der Waals surface area (Å²) in [5.41, 5.74) is 0.673. The molecule has 1 saturated carbocycles. The largest absolute Gasteiger partial charge is 0.480 e. The van der Waals surface area contributed by atoms with Crippen molar-refractivity contribution in [3.8, 4) is 0 Å². The first-order valence-corrected chi connectivity index (χ1v) is 10.1. The minimum atomic E-state index is -1.15. The maximum Gasteiger partial charge on any atom is 0.329 e. The Labute approximate surface area is 158 Å². The van der Waals surface area contributed by atoms with Gasteiger partial charge in [0.25, 0.3) is 0 Å². The maximum atomic E-state index is 12.2. The smallest absolute Gasteiger partial charge is 0.329 e. The van der Waals surface area contributed by atoms with E-state index in [9.17, 15) is 19.5 Å². The third-order valence-electron chi connectivity index (χ3n) is 4.55. The minimum Gasteiger partial charge on any atom is -0.480 e. The van der Waals surface area contributed by atoms with Crippen LogP contribution in [0.4, 0.5) is 5.69 Å². The highest BCUT2D eigenvalue weighted by Crippen LogP contribution is 2.27. The van der Waals surface area contributed by atoms with Crippen LogP contribution in [0.5, 0.6) is 0 Å². The lowest BCUT2D eigenvalue weighted by Crippen LogP contribution is -2.54. The molecule has 0 aliphatic heterocycles. The van der Waals surface area contributed by atoms with Gasteiger partial charge >= 0.3 is 5.97 Å². The number of carbonyl (C=O) groups is 3. The van der Waals surface area contributed by atoms with E-state index in [4.69, 9.17) is 0 Å². The summed E-state index contributed by atoms with van der Waals surface area (Å²) in [7, 11) is 0. The zero-order valence-electron chi connectivity index (χ0n) is 15.0. The molecule has 1 aromatic carbocycles. The van der Waals surface area contributed by atoms with E-state index in [1.165, 1.54) is 11.8 Å². The summed E-state index contributed by atoms with van der Waals surface area (Å²) in [6.07, 6.45) is 4.54. The standard InChI is InChI=1S/C19H26N2O4S/c1-14-6-8-15(9-7-14)20-16(22)12-26-13-17(23)21-19(18(24)25)10-4-2-3-5-11-19/h6-9H,2-5,10-13H2,1H3,(H,20,22)(H,21,23)(H,24,25). The number of carboxylic acids is 1. The van der Waals surface area contributed by atoms with Crippen molar-refractivity contribution < 1.29 is 19.5 Å².